The number of amides is 2. The molecule has 0 bridgehead atoms. The molecule has 1 aromatic heterocycles. The minimum atomic E-state index is -0.461. The standard InChI is InChI=1S/C22H20FN3O3/c23-15-5-7-16(8-6-15)26-20(27)13-18(22(26)28)25-11-9-14(10-12-25)21-24-17-3-1-2-4-19(17)29-21/h1-8,14,18H,9-13H2/t18-/m0/s1. The summed E-state index contributed by atoms with van der Waals surface area (Å²) in [4.78, 5) is 33.2. The van der Waals surface area contributed by atoms with Crippen LogP contribution in [0.25, 0.3) is 11.1 Å². The van der Waals surface area contributed by atoms with E-state index in [0.717, 1.165) is 29.8 Å². The van der Waals surface area contributed by atoms with E-state index < -0.39 is 11.9 Å². The zero-order valence-electron chi connectivity index (χ0n) is 15.8. The molecule has 3 heterocycles. The summed E-state index contributed by atoms with van der Waals surface area (Å²) < 4.78 is 19.1. The average molecular weight is 393 g/mol. The van der Waals surface area contributed by atoms with Crippen molar-refractivity contribution < 1.29 is 18.4 Å². The number of imide groups is 1. The molecule has 148 valence electrons. The monoisotopic (exact) mass is 393 g/mol. The van der Waals surface area contributed by atoms with E-state index in [-0.39, 0.29) is 24.2 Å². The van der Waals surface area contributed by atoms with Crippen molar-refractivity contribution in [3.63, 3.8) is 0 Å². The van der Waals surface area contributed by atoms with E-state index in [1.807, 2.05) is 24.3 Å². The van der Waals surface area contributed by atoms with Crippen molar-refractivity contribution in [2.24, 2.45) is 0 Å². The van der Waals surface area contributed by atoms with Gasteiger partial charge in [-0.3, -0.25) is 14.5 Å². The summed E-state index contributed by atoms with van der Waals surface area (Å²) in [5.41, 5.74) is 2.07. The Labute approximate surface area is 166 Å². The molecule has 2 saturated heterocycles. The van der Waals surface area contributed by atoms with E-state index in [9.17, 15) is 14.0 Å². The molecule has 0 aliphatic carbocycles. The SMILES string of the molecule is O=C1C[C@H](N2CCC(c3nc4ccccc4o3)CC2)C(=O)N1c1ccc(F)cc1. The Balaban J connectivity index is 1.27. The van der Waals surface area contributed by atoms with Gasteiger partial charge in [-0.1, -0.05) is 12.1 Å². The van der Waals surface area contributed by atoms with Gasteiger partial charge in [0.2, 0.25) is 5.91 Å². The van der Waals surface area contributed by atoms with Crippen LogP contribution in [0.3, 0.4) is 0 Å². The number of oxazole rings is 1. The number of carbonyl (C=O) groups excluding carboxylic acids is 2. The van der Waals surface area contributed by atoms with Gasteiger partial charge in [0.1, 0.15) is 11.3 Å². The molecule has 0 spiro atoms. The molecule has 1 atom stereocenters. The average Bonchev–Trinajstić information content (AvgIpc) is 3.30. The summed E-state index contributed by atoms with van der Waals surface area (Å²) in [6, 6.07) is 12.7. The van der Waals surface area contributed by atoms with Gasteiger partial charge in [-0.25, -0.2) is 14.3 Å². The van der Waals surface area contributed by atoms with E-state index in [4.69, 9.17) is 4.42 Å². The lowest BCUT2D eigenvalue weighted by atomic mass is 9.95. The van der Waals surface area contributed by atoms with Crippen LogP contribution in [-0.4, -0.2) is 40.8 Å². The number of halogens is 1. The second kappa shape index (κ2) is 7.08. The molecule has 2 amide bonds. The third kappa shape index (κ3) is 3.21. The molecule has 3 aromatic rings. The van der Waals surface area contributed by atoms with E-state index >= 15 is 0 Å². The van der Waals surface area contributed by atoms with Crippen molar-refractivity contribution >= 4 is 28.6 Å². The van der Waals surface area contributed by atoms with Gasteiger partial charge in [-0.2, -0.15) is 0 Å². The third-order valence-electron chi connectivity index (χ3n) is 5.84. The summed E-state index contributed by atoms with van der Waals surface area (Å²) in [5, 5.41) is 0. The van der Waals surface area contributed by atoms with Gasteiger partial charge in [0.15, 0.2) is 11.5 Å². The summed E-state index contributed by atoms with van der Waals surface area (Å²) in [6.45, 7) is 1.40. The minimum absolute atomic E-state index is 0.157. The van der Waals surface area contributed by atoms with Crippen molar-refractivity contribution in [3.8, 4) is 0 Å². The Hall–Kier alpha value is -3.06. The maximum absolute atomic E-state index is 13.2. The molecule has 2 aliphatic rings. The first-order chi connectivity index (χ1) is 14.1. The van der Waals surface area contributed by atoms with Crippen LogP contribution >= 0.6 is 0 Å². The lowest BCUT2D eigenvalue weighted by Gasteiger charge is -2.33. The topological polar surface area (TPSA) is 66.7 Å². The number of fused-ring (bicyclic) bond motifs is 1. The zero-order valence-corrected chi connectivity index (χ0v) is 15.8. The largest absolute Gasteiger partial charge is 0.440 e. The fraction of sp³-hybridized carbons (Fsp3) is 0.318. The second-order valence-electron chi connectivity index (χ2n) is 7.59. The third-order valence-corrected chi connectivity index (χ3v) is 5.84. The Bertz CT molecular complexity index is 1040. The molecule has 29 heavy (non-hydrogen) atoms. The van der Waals surface area contributed by atoms with Crippen LogP contribution in [-0.2, 0) is 9.59 Å². The number of hydrogen-bond donors (Lipinski definition) is 0. The van der Waals surface area contributed by atoms with Gasteiger partial charge in [0.25, 0.3) is 5.91 Å². The quantitative estimate of drug-likeness (QED) is 0.638. The molecule has 2 aliphatic heterocycles. The maximum Gasteiger partial charge on any atom is 0.251 e. The first-order valence-corrected chi connectivity index (χ1v) is 9.82. The van der Waals surface area contributed by atoms with Crippen molar-refractivity contribution in [1.29, 1.82) is 0 Å². The Morgan fingerprint density at radius 1 is 1.00 bits per heavy atom. The second-order valence-corrected chi connectivity index (χ2v) is 7.59. The van der Waals surface area contributed by atoms with Crippen LogP contribution in [0, 0.1) is 5.82 Å². The fourth-order valence-electron chi connectivity index (χ4n) is 4.29. The van der Waals surface area contributed by atoms with Crippen molar-refractivity contribution in [2.45, 2.75) is 31.2 Å². The predicted molar refractivity (Wildman–Crippen MR) is 105 cm³/mol. The predicted octanol–water partition coefficient (Wildman–Crippen LogP) is 3.48. The van der Waals surface area contributed by atoms with E-state index in [2.05, 4.69) is 9.88 Å². The number of nitrogens with zero attached hydrogens (tertiary/aromatic N) is 3. The van der Waals surface area contributed by atoms with E-state index in [1.54, 1.807) is 0 Å². The molecule has 7 heteroatoms. The van der Waals surface area contributed by atoms with Crippen LogP contribution in [0.1, 0.15) is 31.1 Å². The smallest absolute Gasteiger partial charge is 0.251 e. The minimum Gasteiger partial charge on any atom is -0.440 e. The number of anilines is 1. The summed E-state index contributed by atoms with van der Waals surface area (Å²) in [7, 11) is 0. The highest BCUT2D eigenvalue weighted by molar-refractivity contribution is 6.22. The highest BCUT2D eigenvalue weighted by atomic mass is 19.1. The highest BCUT2D eigenvalue weighted by Gasteiger charge is 2.43. The number of aromatic nitrogens is 1. The lowest BCUT2D eigenvalue weighted by molar-refractivity contribution is -0.123. The number of piperidine rings is 1. The normalized spacial score (nSPS) is 21.4. The lowest BCUT2D eigenvalue weighted by Crippen LogP contribution is -2.45. The van der Waals surface area contributed by atoms with Gasteiger partial charge < -0.3 is 4.42 Å². The van der Waals surface area contributed by atoms with Crippen molar-refractivity contribution in [1.82, 2.24) is 9.88 Å². The molecule has 0 saturated carbocycles. The van der Waals surface area contributed by atoms with Gasteiger partial charge >= 0.3 is 0 Å². The summed E-state index contributed by atoms with van der Waals surface area (Å²) in [5.74, 6) is 0.0759. The van der Waals surface area contributed by atoms with E-state index in [1.165, 1.54) is 29.2 Å². The van der Waals surface area contributed by atoms with Gasteiger partial charge in [-0.05, 0) is 62.3 Å². The first-order valence-electron chi connectivity index (χ1n) is 9.82. The molecule has 0 radical (unpaired) electrons. The van der Waals surface area contributed by atoms with Crippen molar-refractivity contribution in [2.75, 3.05) is 18.0 Å². The molecular formula is C22H20FN3O3. The van der Waals surface area contributed by atoms with Gasteiger partial charge in [0.05, 0.1) is 18.2 Å². The summed E-state index contributed by atoms with van der Waals surface area (Å²) in [6.07, 6.45) is 1.80. The molecule has 5 rings (SSSR count). The first kappa shape index (κ1) is 18.0. The molecule has 0 unspecified atom stereocenters. The summed E-state index contributed by atoms with van der Waals surface area (Å²) >= 11 is 0. The Kier molecular flexibility index (Phi) is 4.39. The van der Waals surface area contributed by atoms with Crippen LogP contribution < -0.4 is 4.90 Å². The van der Waals surface area contributed by atoms with E-state index in [0.29, 0.717) is 18.8 Å². The Morgan fingerprint density at radius 2 is 1.72 bits per heavy atom. The zero-order chi connectivity index (χ0) is 20.0. The highest BCUT2D eigenvalue weighted by Crippen LogP contribution is 2.33. The van der Waals surface area contributed by atoms with Gasteiger partial charge in [0, 0.05) is 5.92 Å². The number of hydrogen-bond acceptors (Lipinski definition) is 5. The van der Waals surface area contributed by atoms with Crippen LogP contribution in [0.4, 0.5) is 10.1 Å². The molecular weight excluding hydrogens is 373 g/mol. The van der Waals surface area contributed by atoms with Crippen LogP contribution in [0.15, 0.2) is 52.9 Å². The number of carbonyl (C=O) groups is 2. The van der Waals surface area contributed by atoms with Gasteiger partial charge in [-0.15, -0.1) is 0 Å². The maximum atomic E-state index is 13.2. The molecule has 2 fully saturated rings. The van der Waals surface area contributed by atoms with Crippen molar-refractivity contribution in [3.05, 3.63) is 60.2 Å². The van der Waals surface area contributed by atoms with Crippen LogP contribution in [0.2, 0.25) is 0 Å². The van der Waals surface area contributed by atoms with Crippen LogP contribution in [0.5, 0.6) is 0 Å². The fourth-order valence-corrected chi connectivity index (χ4v) is 4.29. The number of rotatable bonds is 3. The molecule has 6 nitrogen and oxygen atoms in total. The Morgan fingerprint density at radius 3 is 2.45 bits per heavy atom. The number of benzene rings is 2. The number of likely N-dealkylation sites (tertiary alicyclic amines) is 1. The number of para-hydroxylation sites is 2. The molecule has 0 N–H and O–H groups in total. The molecule has 2 aromatic carbocycles.